The van der Waals surface area contributed by atoms with Gasteiger partial charge in [0.05, 0.1) is 6.61 Å². The molecule has 0 radical (unpaired) electrons. The molecule has 1 aromatic heterocycles. The van der Waals surface area contributed by atoms with Crippen molar-refractivity contribution in [3.8, 4) is 5.75 Å². The predicted octanol–water partition coefficient (Wildman–Crippen LogP) is 2.66. The van der Waals surface area contributed by atoms with Crippen LogP contribution >= 0.6 is 0 Å². The molecule has 0 unspecified atom stereocenters. The molecule has 1 saturated heterocycles. The van der Waals surface area contributed by atoms with Crippen LogP contribution in [-0.4, -0.2) is 59.2 Å². The van der Waals surface area contributed by atoms with Gasteiger partial charge in [-0.25, -0.2) is 4.68 Å². The van der Waals surface area contributed by atoms with Crippen molar-refractivity contribution in [1.82, 2.24) is 19.7 Å². The molecule has 8 nitrogen and oxygen atoms in total. The summed E-state index contributed by atoms with van der Waals surface area (Å²) in [5.74, 6) is 2.14. The lowest BCUT2D eigenvalue weighted by atomic mass is 10.1. The molecule has 0 amide bonds. The fraction of sp³-hybridized carbons (Fsp3) is 0.550. The van der Waals surface area contributed by atoms with Crippen LogP contribution in [-0.2, 0) is 18.4 Å². The van der Waals surface area contributed by atoms with E-state index in [-0.39, 0.29) is 0 Å². The van der Waals surface area contributed by atoms with Gasteiger partial charge in [0.15, 0.2) is 5.82 Å². The van der Waals surface area contributed by atoms with E-state index in [2.05, 4.69) is 48.5 Å². The van der Waals surface area contributed by atoms with Gasteiger partial charge in [-0.05, 0) is 50.0 Å². The van der Waals surface area contributed by atoms with Crippen LogP contribution in [0.15, 0.2) is 29.4 Å². The number of oxime groups is 1. The molecule has 1 aromatic carbocycles. The second-order valence-electron chi connectivity index (χ2n) is 6.95. The van der Waals surface area contributed by atoms with Gasteiger partial charge in [0.1, 0.15) is 19.1 Å². The van der Waals surface area contributed by atoms with E-state index >= 15 is 0 Å². The monoisotopic (exact) mass is 386 g/mol. The van der Waals surface area contributed by atoms with Crippen LogP contribution in [0, 0.1) is 0 Å². The minimum atomic E-state index is 0.508. The van der Waals surface area contributed by atoms with E-state index < -0.39 is 0 Å². The number of rotatable bonds is 10. The fourth-order valence-electron chi connectivity index (χ4n) is 3.28. The second-order valence-corrected chi connectivity index (χ2v) is 6.95. The minimum absolute atomic E-state index is 0.508. The van der Waals surface area contributed by atoms with Crippen molar-refractivity contribution in [2.24, 2.45) is 12.2 Å². The van der Waals surface area contributed by atoms with E-state index in [1.54, 1.807) is 4.68 Å². The maximum atomic E-state index is 5.92. The first-order chi connectivity index (χ1) is 13.7. The summed E-state index contributed by atoms with van der Waals surface area (Å²) in [6.07, 6.45) is 6.34. The van der Waals surface area contributed by atoms with Crippen LogP contribution < -0.4 is 10.1 Å². The SMILES string of the molecule is CON=Cc1nc(NCCCOc2cccc(CN3CCCCC3)c2)n(C)n1. The Labute approximate surface area is 166 Å². The number of piperidine rings is 1. The largest absolute Gasteiger partial charge is 0.494 e. The van der Waals surface area contributed by atoms with Crippen molar-refractivity contribution in [3.05, 3.63) is 35.7 Å². The summed E-state index contributed by atoms with van der Waals surface area (Å²) in [7, 11) is 3.33. The molecule has 2 heterocycles. The lowest BCUT2D eigenvalue weighted by Crippen LogP contribution is -2.29. The van der Waals surface area contributed by atoms with Crippen LogP contribution in [0.2, 0.25) is 0 Å². The number of aryl methyl sites for hydroxylation is 1. The Morgan fingerprint density at radius 1 is 1.25 bits per heavy atom. The van der Waals surface area contributed by atoms with Crippen LogP contribution in [0.25, 0.3) is 0 Å². The van der Waals surface area contributed by atoms with Gasteiger partial charge in [-0.2, -0.15) is 4.98 Å². The third-order valence-corrected chi connectivity index (χ3v) is 4.68. The highest BCUT2D eigenvalue weighted by molar-refractivity contribution is 5.74. The molecule has 3 rings (SSSR count). The van der Waals surface area contributed by atoms with Gasteiger partial charge in [0.25, 0.3) is 0 Å². The lowest BCUT2D eigenvalue weighted by molar-refractivity contribution is 0.215. The maximum Gasteiger partial charge on any atom is 0.221 e. The summed E-state index contributed by atoms with van der Waals surface area (Å²) < 4.78 is 7.61. The van der Waals surface area contributed by atoms with Crippen molar-refractivity contribution in [3.63, 3.8) is 0 Å². The highest BCUT2D eigenvalue weighted by Gasteiger charge is 2.10. The molecule has 0 saturated carbocycles. The smallest absolute Gasteiger partial charge is 0.221 e. The summed E-state index contributed by atoms with van der Waals surface area (Å²) in [4.78, 5) is 11.5. The molecule has 1 aliphatic rings. The molecule has 1 aliphatic heterocycles. The van der Waals surface area contributed by atoms with Crippen molar-refractivity contribution < 1.29 is 9.57 Å². The van der Waals surface area contributed by atoms with Gasteiger partial charge in [-0.15, -0.1) is 5.10 Å². The van der Waals surface area contributed by atoms with E-state index in [9.17, 15) is 0 Å². The fourth-order valence-corrected chi connectivity index (χ4v) is 3.28. The maximum absolute atomic E-state index is 5.92. The van der Waals surface area contributed by atoms with Crippen LogP contribution in [0.1, 0.15) is 37.1 Å². The van der Waals surface area contributed by atoms with Crippen molar-refractivity contribution in [2.75, 3.05) is 38.7 Å². The summed E-state index contributed by atoms with van der Waals surface area (Å²) in [5.41, 5.74) is 1.32. The molecular weight excluding hydrogens is 356 g/mol. The molecule has 152 valence electrons. The molecule has 28 heavy (non-hydrogen) atoms. The van der Waals surface area contributed by atoms with Gasteiger partial charge in [0.2, 0.25) is 5.95 Å². The third-order valence-electron chi connectivity index (χ3n) is 4.68. The molecule has 0 bridgehead atoms. The highest BCUT2D eigenvalue weighted by Crippen LogP contribution is 2.17. The molecule has 0 atom stereocenters. The summed E-state index contributed by atoms with van der Waals surface area (Å²) in [6.45, 7) is 4.83. The number of anilines is 1. The summed E-state index contributed by atoms with van der Waals surface area (Å²) in [6, 6.07) is 8.44. The van der Waals surface area contributed by atoms with Crippen molar-refractivity contribution in [2.45, 2.75) is 32.2 Å². The first kappa shape index (κ1) is 20.1. The van der Waals surface area contributed by atoms with E-state index in [1.165, 1.54) is 51.2 Å². The van der Waals surface area contributed by atoms with E-state index in [0.29, 0.717) is 18.4 Å². The third kappa shape index (κ3) is 6.23. The molecule has 1 N–H and O–H groups in total. The molecule has 1 fully saturated rings. The number of nitrogens with zero attached hydrogens (tertiary/aromatic N) is 5. The van der Waals surface area contributed by atoms with Gasteiger partial charge < -0.3 is 14.9 Å². The molecule has 0 aliphatic carbocycles. The molecule has 8 heteroatoms. The van der Waals surface area contributed by atoms with E-state index in [4.69, 9.17) is 4.74 Å². The lowest BCUT2D eigenvalue weighted by Gasteiger charge is -2.26. The zero-order valence-corrected chi connectivity index (χ0v) is 16.8. The Bertz CT molecular complexity index is 755. The Kier molecular flexibility index (Phi) is 7.66. The Balaban J connectivity index is 1.39. The number of hydrogen-bond acceptors (Lipinski definition) is 7. The zero-order chi connectivity index (χ0) is 19.6. The zero-order valence-electron chi connectivity index (χ0n) is 16.8. The summed E-state index contributed by atoms with van der Waals surface area (Å²) in [5, 5.41) is 11.2. The quantitative estimate of drug-likeness (QED) is 0.384. The average Bonchev–Trinajstić information content (AvgIpc) is 3.07. The van der Waals surface area contributed by atoms with Gasteiger partial charge >= 0.3 is 0 Å². The van der Waals surface area contributed by atoms with Crippen molar-refractivity contribution >= 4 is 12.2 Å². The van der Waals surface area contributed by atoms with Gasteiger partial charge in [-0.3, -0.25) is 4.90 Å². The van der Waals surface area contributed by atoms with Crippen LogP contribution in [0.4, 0.5) is 5.95 Å². The molecular formula is C20H30N6O2. The Hall–Kier alpha value is -2.61. The predicted molar refractivity (Wildman–Crippen MR) is 110 cm³/mol. The van der Waals surface area contributed by atoms with Crippen LogP contribution in [0.5, 0.6) is 5.75 Å². The van der Waals surface area contributed by atoms with E-state index in [1.807, 2.05) is 13.1 Å². The first-order valence-corrected chi connectivity index (χ1v) is 9.90. The van der Waals surface area contributed by atoms with Gasteiger partial charge in [-0.1, -0.05) is 23.7 Å². The number of hydrogen-bond donors (Lipinski definition) is 1. The number of aromatic nitrogens is 3. The number of ether oxygens (including phenoxy) is 1. The van der Waals surface area contributed by atoms with Crippen molar-refractivity contribution in [1.29, 1.82) is 0 Å². The summed E-state index contributed by atoms with van der Waals surface area (Å²) >= 11 is 0. The Morgan fingerprint density at radius 3 is 2.93 bits per heavy atom. The molecule has 0 spiro atoms. The molecule has 2 aromatic rings. The first-order valence-electron chi connectivity index (χ1n) is 9.90. The Morgan fingerprint density at radius 2 is 2.11 bits per heavy atom. The topological polar surface area (TPSA) is 76.8 Å². The minimum Gasteiger partial charge on any atom is -0.494 e. The number of benzene rings is 1. The normalized spacial score (nSPS) is 15.1. The number of nitrogens with one attached hydrogen (secondary N) is 1. The van der Waals surface area contributed by atoms with Crippen LogP contribution in [0.3, 0.4) is 0 Å². The highest BCUT2D eigenvalue weighted by atomic mass is 16.6. The van der Waals surface area contributed by atoms with E-state index in [0.717, 1.165) is 25.3 Å². The second kappa shape index (κ2) is 10.7. The average molecular weight is 387 g/mol. The van der Waals surface area contributed by atoms with Gasteiger partial charge in [0, 0.05) is 20.1 Å². The number of likely N-dealkylation sites (tertiary alicyclic amines) is 1. The standard InChI is InChI=1S/C20H30N6O2/c1-25-20(23-19(24-25)15-22-27-2)21-10-7-13-28-18-9-6-8-17(14-18)16-26-11-4-3-5-12-26/h6,8-9,14-15H,3-5,7,10-13,16H2,1-2H3,(H,21,23,24).